The molecule has 126 valence electrons. The SMILES string of the molecule is CCN(CCNC(c1cccs1)C(C)C)C(=O)OC(C)(C)C. The largest absolute Gasteiger partial charge is 0.444 e. The van der Waals surface area contributed by atoms with Gasteiger partial charge in [0.05, 0.1) is 0 Å². The summed E-state index contributed by atoms with van der Waals surface area (Å²) in [6, 6.07) is 4.57. The lowest BCUT2D eigenvalue weighted by molar-refractivity contribution is 0.0260. The van der Waals surface area contributed by atoms with Crippen molar-refractivity contribution < 1.29 is 9.53 Å². The predicted octanol–water partition coefficient (Wildman–Crippen LogP) is 4.29. The number of likely N-dealkylation sites (N-methyl/N-ethyl adjacent to an activating group) is 1. The van der Waals surface area contributed by atoms with E-state index in [1.165, 1.54) is 4.88 Å². The molecule has 1 atom stereocenters. The third-order valence-corrected chi connectivity index (χ3v) is 4.25. The molecule has 22 heavy (non-hydrogen) atoms. The number of carbonyl (C=O) groups excluding carboxylic acids is 1. The summed E-state index contributed by atoms with van der Waals surface area (Å²) in [6.07, 6.45) is -0.242. The average molecular weight is 327 g/mol. The Hall–Kier alpha value is -1.07. The van der Waals surface area contributed by atoms with Crippen LogP contribution in [-0.4, -0.2) is 36.2 Å². The van der Waals surface area contributed by atoms with Gasteiger partial charge in [0.1, 0.15) is 5.60 Å². The summed E-state index contributed by atoms with van der Waals surface area (Å²) >= 11 is 1.77. The Kier molecular flexibility index (Phi) is 7.36. The van der Waals surface area contributed by atoms with Gasteiger partial charge in [0.2, 0.25) is 0 Å². The molecule has 0 aliphatic carbocycles. The minimum atomic E-state index is -0.449. The molecule has 0 aliphatic heterocycles. The molecule has 1 N–H and O–H groups in total. The number of nitrogens with one attached hydrogen (secondary N) is 1. The van der Waals surface area contributed by atoms with E-state index in [2.05, 4.69) is 36.7 Å². The van der Waals surface area contributed by atoms with E-state index in [9.17, 15) is 4.79 Å². The topological polar surface area (TPSA) is 41.6 Å². The van der Waals surface area contributed by atoms with Gasteiger partial charge in [0.25, 0.3) is 0 Å². The molecule has 1 rings (SSSR count). The Morgan fingerprint density at radius 1 is 1.41 bits per heavy atom. The first kappa shape index (κ1) is 19.0. The van der Waals surface area contributed by atoms with E-state index in [1.54, 1.807) is 16.2 Å². The molecule has 0 fully saturated rings. The maximum atomic E-state index is 12.1. The Morgan fingerprint density at radius 3 is 2.55 bits per heavy atom. The molecular weight excluding hydrogens is 296 g/mol. The van der Waals surface area contributed by atoms with Crippen LogP contribution in [0.4, 0.5) is 4.79 Å². The van der Waals surface area contributed by atoms with E-state index < -0.39 is 5.60 Å². The van der Waals surface area contributed by atoms with Gasteiger partial charge in [-0.2, -0.15) is 0 Å². The van der Waals surface area contributed by atoms with Crippen LogP contribution < -0.4 is 5.32 Å². The summed E-state index contributed by atoms with van der Waals surface area (Å²) in [6.45, 7) is 14.1. The molecule has 0 aliphatic rings. The monoisotopic (exact) mass is 326 g/mol. The van der Waals surface area contributed by atoms with Crippen molar-refractivity contribution in [1.82, 2.24) is 10.2 Å². The summed E-state index contributed by atoms with van der Waals surface area (Å²) in [5.74, 6) is 0.509. The molecule has 1 heterocycles. The first-order valence-electron chi connectivity index (χ1n) is 7.99. The molecule has 5 heteroatoms. The summed E-state index contributed by atoms with van der Waals surface area (Å²) in [4.78, 5) is 15.2. The maximum Gasteiger partial charge on any atom is 0.410 e. The first-order chi connectivity index (χ1) is 10.2. The van der Waals surface area contributed by atoms with E-state index in [0.717, 1.165) is 6.54 Å². The predicted molar refractivity (Wildman–Crippen MR) is 93.4 cm³/mol. The van der Waals surface area contributed by atoms with Gasteiger partial charge in [-0.25, -0.2) is 4.79 Å². The van der Waals surface area contributed by atoms with Gasteiger partial charge in [-0.1, -0.05) is 19.9 Å². The molecular formula is C17H30N2O2S. The number of amides is 1. The zero-order valence-corrected chi connectivity index (χ0v) is 15.5. The number of rotatable bonds is 7. The third-order valence-electron chi connectivity index (χ3n) is 3.30. The first-order valence-corrected chi connectivity index (χ1v) is 8.87. The zero-order chi connectivity index (χ0) is 16.8. The van der Waals surface area contributed by atoms with Crippen molar-refractivity contribution >= 4 is 17.4 Å². The highest BCUT2D eigenvalue weighted by Crippen LogP contribution is 2.25. The van der Waals surface area contributed by atoms with Gasteiger partial charge in [-0.05, 0) is 45.1 Å². The van der Waals surface area contributed by atoms with E-state index in [4.69, 9.17) is 4.74 Å². The Labute approximate surface area is 138 Å². The Morgan fingerprint density at radius 2 is 2.09 bits per heavy atom. The van der Waals surface area contributed by atoms with Gasteiger partial charge in [-0.3, -0.25) is 0 Å². The van der Waals surface area contributed by atoms with E-state index in [0.29, 0.717) is 25.0 Å². The molecule has 0 saturated heterocycles. The number of carbonyl (C=O) groups is 1. The van der Waals surface area contributed by atoms with Crippen LogP contribution in [-0.2, 0) is 4.74 Å². The van der Waals surface area contributed by atoms with Gasteiger partial charge >= 0.3 is 6.09 Å². The molecule has 0 saturated carbocycles. The number of hydrogen-bond donors (Lipinski definition) is 1. The number of hydrogen-bond acceptors (Lipinski definition) is 4. The van der Waals surface area contributed by atoms with Crippen molar-refractivity contribution in [2.75, 3.05) is 19.6 Å². The van der Waals surface area contributed by atoms with Crippen LogP contribution >= 0.6 is 11.3 Å². The second-order valence-corrected chi connectivity index (χ2v) is 7.73. The van der Waals surface area contributed by atoms with Gasteiger partial charge in [0, 0.05) is 30.6 Å². The van der Waals surface area contributed by atoms with Crippen LogP contribution in [0.3, 0.4) is 0 Å². The minimum Gasteiger partial charge on any atom is -0.444 e. The highest BCUT2D eigenvalue weighted by atomic mass is 32.1. The third kappa shape index (κ3) is 6.36. The summed E-state index contributed by atoms with van der Waals surface area (Å²) in [5.41, 5.74) is -0.449. The normalized spacial score (nSPS) is 13.2. The standard InChI is InChI=1S/C17H30N2O2S/c1-7-19(16(20)21-17(4,5)6)11-10-18-15(13(2)3)14-9-8-12-22-14/h8-9,12-13,15,18H,7,10-11H2,1-6H3. The maximum absolute atomic E-state index is 12.1. The molecule has 0 spiro atoms. The van der Waals surface area contributed by atoms with Crippen LogP contribution in [0, 0.1) is 5.92 Å². The summed E-state index contributed by atoms with van der Waals surface area (Å²) < 4.78 is 5.43. The van der Waals surface area contributed by atoms with Crippen LogP contribution in [0.15, 0.2) is 17.5 Å². The lowest BCUT2D eigenvalue weighted by atomic mass is 10.0. The second kappa shape index (κ2) is 8.53. The Bertz CT molecular complexity index is 438. The van der Waals surface area contributed by atoms with E-state index >= 15 is 0 Å². The Balaban J connectivity index is 2.50. The molecule has 1 unspecified atom stereocenters. The fourth-order valence-corrected chi connectivity index (χ4v) is 3.17. The van der Waals surface area contributed by atoms with Gasteiger partial charge in [-0.15, -0.1) is 11.3 Å². The van der Waals surface area contributed by atoms with Gasteiger partial charge < -0.3 is 15.0 Å². The lowest BCUT2D eigenvalue weighted by Gasteiger charge is -2.28. The zero-order valence-electron chi connectivity index (χ0n) is 14.7. The van der Waals surface area contributed by atoms with E-state index in [-0.39, 0.29) is 6.09 Å². The number of ether oxygens (including phenoxy) is 1. The van der Waals surface area contributed by atoms with Crippen molar-refractivity contribution in [2.45, 2.75) is 53.2 Å². The fourth-order valence-electron chi connectivity index (χ4n) is 2.19. The minimum absolute atomic E-state index is 0.242. The smallest absolute Gasteiger partial charge is 0.410 e. The van der Waals surface area contributed by atoms with E-state index in [1.807, 2.05) is 27.7 Å². The van der Waals surface area contributed by atoms with Crippen molar-refractivity contribution in [1.29, 1.82) is 0 Å². The quantitative estimate of drug-likeness (QED) is 0.812. The molecule has 1 aromatic heterocycles. The molecule has 4 nitrogen and oxygen atoms in total. The molecule has 1 aromatic rings. The number of thiophene rings is 1. The highest BCUT2D eigenvalue weighted by molar-refractivity contribution is 7.10. The summed E-state index contributed by atoms with van der Waals surface area (Å²) in [7, 11) is 0. The average Bonchev–Trinajstić information content (AvgIpc) is 2.89. The van der Waals surface area contributed by atoms with Crippen molar-refractivity contribution in [2.24, 2.45) is 5.92 Å². The molecule has 1 amide bonds. The molecule has 0 aromatic carbocycles. The van der Waals surface area contributed by atoms with Gasteiger partial charge in [0.15, 0.2) is 0 Å². The highest BCUT2D eigenvalue weighted by Gasteiger charge is 2.21. The van der Waals surface area contributed by atoms with Crippen LogP contribution in [0.1, 0.15) is 52.5 Å². The second-order valence-electron chi connectivity index (χ2n) is 6.75. The lowest BCUT2D eigenvalue weighted by Crippen LogP contribution is -2.41. The van der Waals surface area contributed by atoms with Crippen LogP contribution in [0.2, 0.25) is 0 Å². The molecule has 0 bridgehead atoms. The van der Waals surface area contributed by atoms with Crippen LogP contribution in [0.25, 0.3) is 0 Å². The van der Waals surface area contributed by atoms with Crippen LogP contribution in [0.5, 0.6) is 0 Å². The molecule has 0 radical (unpaired) electrons. The van der Waals surface area contributed by atoms with Crippen molar-refractivity contribution in [3.05, 3.63) is 22.4 Å². The van der Waals surface area contributed by atoms with Crippen molar-refractivity contribution in [3.8, 4) is 0 Å². The summed E-state index contributed by atoms with van der Waals surface area (Å²) in [5, 5.41) is 5.67. The van der Waals surface area contributed by atoms with Crippen molar-refractivity contribution in [3.63, 3.8) is 0 Å². The number of nitrogens with zero attached hydrogens (tertiary/aromatic N) is 1. The fraction of sp³-hybridized carbons (Fsp3) is 0.706.